The number of halogens is 2. The highest BCUT2D eigenvalue weighted by atomic mass is 35.5. The van der Waals surface area contributed by atoms with Crippen LogP contribution in [0.15, 0.2) is 42.6 Å². The molecule has 1 heterocycles. The molecule has 2 nitrogen and oxygen atoms in total. The van der Waals surface area contributed by atoms with Crippen molar-refractivity contribution in [3.05, 3.63) is 69.3 Å². The van der Waals surface area contributed by atoms with Crippen LogP contribution in [0.5, 0.6) is 0 Å². The van der Waals surface area contributed by atoms with Gasteiger partial charge in [0.1, 0.15) is 0 Å². The van der Waals surface area contributed by atoms with E-state index < -0.39 is 0 Å². The number of hydrogen-bond acceptors (Lipinski definition) is 1. The lowest BCUT2D eigenvalue weighted by Crippen LogP contribution is -2.01. The van der Waals surface area contributed by atoms with Crippen LogP contribution in [0.2, 0.25) is 10.0 Å². The van der Waals surface area contributed by atoms with Gasteiger partial charge >= 0.3 is 0 Å². The van der Waals surface area contributed by atoms with E-state index >= 15 is 0 Å². The van der Waals surface area contributed by atoms with E-state index in [1.54, 1.807) is 18.2 Å². The third-order valence-corrected chi connectivity index (χ3v) is 4.41. The van der Waals surface area contributed by atoms with Crippen molar-refractivity contribution in [3.63, 3.8) is 0 Å². The van der Waals surface area contributed by atoms with Crippen LogP contribution < -0.4 is 0 Å². The van der Waals surface area contributed by atoms with Crippen LogP contribution in [0, 0.1) is 6.92 Å². The molecule has 0 atom stereocenters. The fourth-order valence-corrected chi connectivity index (χ4v) is 2.89. The highest BCUT2D eigenvalue weighted by molar-refractivity contribution is 6.44. The van der Waals surface area contributed by atoms with Gasteiger partial charge < -0.3 is 4.57 Å². The molecule has 0 saturated heterocycles. The van der Waals surface area contributed by atoms with Crippen molar-refractivity contribution in [2.45, 2.75) is 6.92 Å². The van der Waals surface area contributed by atoms with Crippen molar-refractivity contribution in [2.24, 2.45) is 7.05 Å². The zero-order valence-electron chi connectivity index (χ0n) is 11.7. The second-order valence-electron chi connectivity index (χ2n) is 5.10. The van der Waals surface area contributed by atoms with Gasteiger partial charge in [-0.3, -0.25) is 4.79 Å². The third kappa shape index (κ3) is 2.35. The van der Waals surface area contributed by atoms with E-state index in [4.69, 9.17) is 23.2 Å². The quantitative estimate of drug-likeness (QED) is 0.608. The number of benzene rings is 2. The van der Waals surface area contributed by atoms with Gasteiger partial charge in [-0.05, 0) is 30.7 Å². The zero-order valence-corrected chi connectivity index (χ0v) is 13.2. The Kier molecular flexibility index (Phi) is 3.52. The number of carbonyl (C=O) groups excluding carboxylic acids is 1. The first kappa shape index (κ1) is 14.2. The molecule has 106 valence electrons. The zero-order chi connectivity index (χ0) is 15.1. The Morgan fingerprint density at radius 1 is 1.10 bits per heavy atom. The number of fused-ring (bicyclic) bond motifs is 1. The maximum atomic E-state index is 12.8. The van der Waals surface area contributed by atoms with Crippen molar-refractivity contribution in [3.8, 4) is 0 Å². The van der Waals surface area contributed by atoms with Gasteiger partial charge in [0.25, 0.3) is 0 Å². The van der Waals surface area contributed by atoms with Gasteiger partial charge in [-0.1, -0.05) is 41.4 Å². The summed E-state index contributed by atoms with van der Waals surface area (Å²) in [6, 6.07) is 11.1. The smallest absolute Gasteiger partial charge is 0.196 e. The minimum Gasteiger partial charge on any atom is -0.350 e. The molecule has 0 amide bonds. The van der Waals surface area contributed by atoms with Gasteiger partial charge in [0.05, 0.1) is 10.0 Å². The van der Waals surface area contributed by atoms with E-state index in [0.29, 0.717) is 21.2 Å². The number of nitrogens with zero attached hydrogens (tertiary/aromatic N) is 1. The van der Waals surface area contributed by atoms with Crippen molar-refractivity contribution < 1.29 is 4.79 Å². The number of ketones is 1. The number of hydrogen-bond donors (Lipinski definition) is 0. The fourth-order valence-electron chi connectivity index (χ4n) is 2.50. The normalized spacial score (nSPS) is 11.0. The van der Waals surface area contributed by atoms with Gasteiger partial charge in [0.2, 0.25) is 0 Å². The Hall–Kier alpha value is -1.77. The van der Waals surface area contributed by atoms with E-state index in [2.05, 4.69) is 6.07 Å². The molecule has 4 heteroatoms. The molecule has 2 aromatic carbocycles. The summed E-state index contributed by atoms with van der Waals surface area (Å²) >= 11 is 12.2. The third-order valence-electron chi connectivity index (χ3n) is 3.59. The first-order valence-corrected chi connectivity index (χ1v) is 7.29. The van der Waals surface area contributed by atoms with E-state index in [0.717, 1.165) is 16.5 Å². The molecule has 0 unspecified atom stereocenters. The fraction of sp³-hybridized carbons (Fsp3) is 0.118. The van der Waals surface area contributed by atoms with Gasteiger partial charge in [0, 0.05) is 35.3 Å². The molecular formula is C17H13Cl2NO. The summed E-state index contributed by atoms with van der Waals surface area (Å²) in [7, 11) is 1.93. The van der Waals surface area contributed by atoms with E-state index in [1.165, 1.54) is 0 Å². The molecule has 21 heavy (non-hydrogen) atoms. The summed E-state index contributed by atoms with van der Waals surface area (Å²) in [6.45, 7) is 2.03. The SMILES string of the molecule is Cc1ccc2c(C(=O)c3cccc(Cl)c3Cl)cn(C)c2c1. The van der Waals surface area contributed by atoms with E-state index in [9.17, 15) is 4.79 Å². The van der Waals surface area contributed by atoms with Gasteiger partial charge in [-0.15, -0.1) is 0 Å². The van der Waals surface area contributed by atoms with E-state index in [1.807, 2.05) is 36.9 Å². The van der Waals surface area contributed by atoms with Crippen LogP contribution in [0.25, 0.3) is 10.9 Å². The molecular weight excluding hydrogens is 305 g/mol. The minimum absolute atomic E-state index is 0.114. The Morgan fingerprint density at radius 2 is 1.86 bits per heavy atom. The van der Waals surface area contributed by atoms with Gasteiger partial charge in [-0.2, -0.15) is 0 Å². The lowest BCUT2D eigenvalue weighted by molar-refractivity contribution is 0.104. The molecule has 0 bridgehead atoms. The first-order valence-electron chi connectivity index (χ1n) is 6.53. The molecule has 3 aromatic rings. The molecule has 0 aliphatic carbocycles. The Morgan fingerprint density at radius 3 is 2.62 bits per heavy atom. The summed E-state index contributed by atoms with van der Waals surface area (Å²) in [6.07, 6.45) is 1.84. The topological polar surface area (TPSA) is 22.0 Å². The molecule has 1 aromatic heterocycles. The Balaban J connectivity index is 2.21. The van der Waals surface area contributed by atoms with Gasteiger partial charge in [-0.25, -0.2) is 0 Å². The summed E-state index contributed by atoms with van der Waals surface area (Å²) in [5.74, 6) is -0.114. The lowest BCUT2D eigenvalue weighted by atomic mass is 10.0. The summed E-state index contributed by atoms with van der Waals surface area (Å²) in [5, 5.41) is 1.61. The minimum atomic E-state index is -0.114. The number of rotatable bonds is 2. The summed E-state index contributed by atoms with van der Waals surface area (Å²) in [4.78, 5) is 12.8. The van der Waals surface area contributed by atoms with Crippen LogP contribution in [0.4, 0.5) is 0 Å². The molecule has 3 rings (SSSR count). The summed E-state index contributed by atoms with van der Waals surface area (Å²) in [5.41, 5.74) is 3.24. The number of carbonyl (C=O) groups is 1. The van der Waals surface area contributed by atoms with Crippen LogP contribution in [0.3, 0.4) is 0 Å². The Bertz CT molecular complexity index is 865. The number of aryl methyl sites for hydroxylation is 2. The second kappa shape index (κ2) is 5.21. The van der Waals surface area contributed by atoms with Crippen molar-refractivity contribution >= 4 is 39.9 Å². The standard InChI is InChI=1S/C17H13Cl2NO/c1-10-6-7-11-13(9-20(2)15(11)8-10)17(21)12-4-3-5-14(18)16(12)19/h3-9H,1-2H3. The average Bonchev–Trinajstić information content (AvgIpc) is 2.78. The number of aromatic nitrogens is 1. The maximum Gasteiger partial charge on any atom is 0.196 e. The Labute approximate surface area is 132 Å². The monoisotopic (exact) mass is 317 g/mol. The average molecular weight is 318 g/mol. The second-order valence-corrected chi connectivity index (χ2v) is 5.89. The lowest BCUT2D eigenvalue weighted by Gasteiger charge is -2.04. The van der Waals surface area contributed by atoms with Crippen LogP contribution in [-0.2, 0) is 7.05 Å². The molecule has 0 aliphatic rings. The van der Waals surface area contributed by atoms with Crippen LogP contribution >= 0.6 is 23.2 Å². The predicted molar refractivity (Wildman–Crippen MR) is 87.6 cm³/mol. The molecule has 0 N–H and O–H groups in total. The first-order chi connectivity index (χ1) is 9.99. The molecule has 0 radical (unpaired) electrons. The van der Waals surface area contributed by atoms with Crippen molar-refractivity contribution in [1.29, 1.82) is 0 Å². The van der Waals surface area contributed by atoms with Crippen molar-refractivity contribution in [1.82, 2.24) is 4.57 Å². The molecule has 0 fully saturated rings. The van der Waals surface area contributed by atoms with Gasteiger partial charge in [0.15, 0.2) is 5.78 Å². The van der Waals surface area contributed by atoms with E-state index in [-0.39, 0.29) is 5.78 Å². The largest absolute Gasteiger partial charge is 0.350 e. The van der Waals surface area contributed by atoms with Crippen LogP contribution in [0.1, 0.15) is 21.5 Å². The highest BCUT2D eigenvalue weighted by Crippen LogP contribution is 2.30. The molecule has 0 spiro atoms. The van der Waals surface area contributed by atoms with Crippen molar-refractivity contribution in [2.75, 3.05) is 0 Å². The predicted octanol–water partition coefficient (Wildman–Crippen LogP) is 5.02. The maximum absolute atomic E-state index is 12.8. The highest BCUT2D eigenvalue weighted by Gasteiger charge is 2.19. The molecule has 0 aliphatic heterocycles. The summed E-state index contributed by atoms with van der Waals surface area (Å²) < 4.78 is 1.95. The molecule has 0 saturated carbocycles. The van der Waals surface area contributed by atoms with Crippen LogP contribution in [-0.4, -0.2) is 10.4 Å².